The Balaban J connectivity index is 2.49. The van der Waals surface area contributed by atoms with Crippen molar-refractivity contribution in [2.24, 2.45) is 0 Å². The largest absolute Gasteiger partial charge is 0.252 e. The molecule has 0 atom stereocenters. The first kappa shape index (κ1) is 10.3. The van der Waals surface area contributed by atoms with E-state index in [0.29, 0.717) is 0 Å². The van der Waals surface area contributed by atoms with Crippen LogP contribution < -0.4 is 0 Å². The second-order valence-electron chi connectivity index (χ2n) is 3.54. The fourth-order valence-electron chi connectivity index (χ4n) is 1.55. The highest BCUT2D eigenvalue weighted by Gasteiger charge is 2.03. The molecule has 1 aromatic heterocycles. The van der Waals surface area contributed by atoms with Crippen LogP contribution in [0.3, 0.4) is 0 Å². The summed E-state index contributed by atoms with van der Waals surface area (Å²) in [4.78, 5) is 8.50. The van der Waals surface area contributed by atoms with Gasteiger partial charge in [-0.2, -0.15) is 0 Å². The molecule has 0 unspecified atom stereocenters. The number of benzene rings is 1. The molecule has 2 aromatic rings. The molecule has 0 aliphatic rings. The summed E-state index contributed by atoms with van der Waals surface area (Å²) in [5.74, 6) is 0. The summed E-state index contributed by atoms with van der Waals surface area (Å²) in [7, 11) is 0. The maximum atomic E-state index is 4.33. The van der Waals surface area contributed by atoms with Crippen LogP contribution in [0, 0.1) is 13.8 Å². The van der Waals surface area contributed by atoms with Crippen LogP contribution in [0.5, 0.6) is 0 Å². The predicted molar refractivity (Wildman–Crippen MR) is 64.6 cm³/mol. The molecule has 0 fully saturated rings. The van der Waals surface area contributed by atoms with Gasteiger partial charge in [-0.15, -0.1) is 0 Å². The van der Waals surface area contributed by atoms with E-state index in [1.54, 1.807) is 12.4 Å². The molecule has 0 radical (unpaired) electrons. The van der Waals surface area contributed by atoms with E-state index in [0.717, 1.165) is 15.9 Å². The summed E-state index contributed by atoms with van der Waals surface area (Å²) >= 11 is 3.27. The summed E-state index contributed by atoms with van der Waals surface area (Å²) in [5.41, 5.74) is 4.55. The molecule has 0 saturated carbocycles. The Morgan fingerprint density at radius 3 is 2.47 bits per heavy atom. The predicted octanol–water partition coefficient (Wildman–Crippen LogP) is 3.52. The molecule has 0 N–H and O–H groups in total. The van der Waals surface area contributed by atoms with Gasteiger partial charge in [0, 0.05) is 5.56 Å². The fraction of sp³-hybridized carbons (Fsp3) is 0.167. The van der Waals surface area contributed by atoms with Crippen LogP contribution in [0.15, 0.2) is 35.2 Å². The Morgan fingerprint density at radius 1 is 1.07 bits per heavy atom. The molecule has 0 bridgehead atoms. The van der Waals surface area contributed by atoms with Crippen LogP contribution in [-0.2, 0) is 0 Å². The minimum Gasteiger partial charge on any atom is -0.252 e. The molecular formula is C12H11BrN2. The van der Waals surface area contributed by atoms with Gasteiger partial charge < -0.3 is 0 Å². The number of aromatic nitrogens is 2. The van der Waals surface area contributed by atoms with Gasteiger partial charge in [-0.3, -0.25) is 4.98 Å². The minimum absolute atomic E-state index is 0.760. The molecular weight excluding hydrogens is 252 g/mol. The maximum absolute atomic E-state index is 4.33. The van der Waals surface area contributed by atoms with E-state index in [2.05, 4.69) is 57.9 Å². The van der Waals surface area contributed by atoms with Gasteiger partial charge in [0.2, 0.25) is 0 Å². The van der Waals surface area contributed by atoms with Crippen LogP contribution in [0.1, 0.15) is 11.1 Å². The lowest BCUT2D eigenvalue weighted by Crippen LogP contribution is -1.89. The van der Waals surface area contributed by atoms with Crippen molar-refractivity contribution in [1.29, 1.82) is 0 Å². The lowest BCUT2D eigenvalue weighted by Gasteiger charge is -2.05. The molecule has 0 aliphatic carbocycles. The van der Waals surface area contributed by atoms with Gasteiger partial charge in [-0.1, -0.05) is 23.8 Å². The fourth-order valence-corrected chi connectivity index (χ4v) is 1.76. The van der Waals surface area contributed by atoms with Gasteiger partial charge in [0.15, 0.2) is 0 Å². The van der Waals surface area contributed by atoms with Crippen molar-refractivity contribution >= 4 is 15.9 Å². The average Bonchev–Trinajstić information content (AvgIpc) is 2.20. The van der Waals surface area contributed by atoms with E-state index in [4.69, 9.17) is 0 Å². The second-order valence-corrected chi connectivity index (χ2v) is 4.36. The molecule has 2 nitrogen and oxygen atoms in total. The number of hydrogen-bond acceptors (Lipinski definition) is 2. The third-order valence-electron chi connectivity index (χ3n) is 2.28. The third-order valence-corrected chi connectivity index (χ3v) is 2.69. The van der Waals surface area contributed by atoms with Crippen LogP contribution in [0.25, 0.3) is 11.3 Å². The van der Waals surface area contributed by atoms with Gasteiger partial charge in [0.25, 0.3) is 0 Å². The quantitative estimate of drug-likeness (QED) is 0.786. The van der Waals surface area contributed by atoms with Crippen molar-refractivity contribution in [3.63, 3.8) is 0 Å². The molecule has 0 amide bonds. The highest BCUT2D eigenvalue weighted by molar-refractivity contribution is 9.10. The van der Waals surface area contributed by atoms with Gasteiger partial charge in [0.05, 0.1) is 18.1 Å². The number of hydrogen-bond donors (Lipinski definition) is 0. The summed E-state index contributed by atoms with van der Waals surface area (Å²) in [6.45, 7) is 4.18. The van der Waals surface area contributed by atoms with Gasteiger partial charge in [-0.05, 0) is 35.3 Å². The smallest absolute Gasteiger partial charge is 0.124 e. The van der Waals surface area contributed by atoms with Crippen LogP contribution >= 0.6 is 15.9 Å². The second kappa shape index (κ2) is 4.11. The molecule has 3 heteroatoms. The minimum atomic E-state index is 0.760. The normalized spacial score (nSPS) is 10.3. The Bertz CT molecular complexity index is 477. The first-order valence-corrected chi connectivity index (χ1v) is 5.51. The SMILES string of the molecule is Cc1ccc(-c2cnc(Br)cn2)c(C)c1. The monoisotopic (exact) mass is 262 g/mol. The van der Waals surface area contributed by atoms with E-state index in [9.17, 15) is 0 Å². The summed E-state index contributed by atoms with van der Waals surface area (Å²) < 4.78 is 0.760. The Kier molecular flexibility index (Phi) is 2.82. The third kappa shape index (κ3) is 2.23. The van der Waals surface area contributed by atoms with Crippen molar-refractivity contribution in [1.82, 2.24) is 9.97 Å². The molecule has 0 saturated heterocycles. The summed E-state index contributed by atoms with van der Waals surface area (Å²) in [6, 6.07) is 6.33. The number of nitrogens with zero attached hydrogens (tertiary/aromatic N) is 2. The molecule has 2 rings (SSSR count). The summed E-state index contributed by atoms with van der Waals surface area (Å²) in [5, 5.41) is 0. The molecule has 0 spiro atoms. The van der Waals surface area contributed by atoms with Crippen molar-refractivity contribution in [3.05, 3.63) is 46.3 Å². The Hall–Kier alpha value is -1.22. The lowest BCUT2D eigenvalue weighted by molar-refractivity contribution is 1.16. The Labute approximate surface area is 97.5 Å². The number of rotatable bonds is 1. The maximum Gasteiger partial charge on any atom is 0.124 e. The van der Waals surface area contributed by atoms with Crippen molar-refractivity contribution < 1.29 is 0 Å². The standard InChI is InChI=1S/C12H11BrN2/c1-8-3-4-10(9(2)5-8)11-6-15-12(13)7-14-11/h3-7H,1-2H3. The van der Waals surface area contributed by atoms with Crippen molar-refractivity contribution in [3.8, 4) is 11.3 Å². The lowest BCUT2D eigenvalue weighted by atomic mass is 10.0. The molecule has 1 heterocycles. The topological polar surface area (TPSA) is 25.8 Å². The van der Waals surface area contributed by atoms with Crippen molar-refractivity contribution in [2.75, 3.05) is 0 Å². The molecule has 1 aromatic carbocycles. The van der Waals surface area contributed by atoms with E-state index in [1.165, 1.54) is 11.1 Å². The van der Waals surface area contributed by atoms with Gasteiger partial charge in [-0.25, -0.2) is 4.98 Å². The molecule has 0 aliphatic heterocycles. The molecule has 15 heavy (non-hydrogen) atoms. The first-order chi connectivity index (χ1) is 7.16. The summed E-state index contributed by atoms with van der Waals surface area (Å²) in [6.07, 6.45) is 3.50. The highest BCUT2D eigenvalue weighted by atomic mass is 79.9. The van der Waals surface area contributed by atoms with Crippen LogP contribution in [0.2, 0.25) is 0 Å². The van der Waals surface area contributed by atoms with E-state index < -0.39 is 0 Å². The zero-order chi connectivity index (χ0) is 10.8. The number of halogens is 1. The first-order valence-electron chi connectivity index (χ1n) is 4.72. The van der Waals surface area contributed by atoms with Gasteiger partial charge >= 0.3 is 0 Å². The molecule has 76 valence electrons. The number of aryl methyl sites for hydroxylation is 2. The van der Waals surface area contributed by atoms with Gasteiger partial charge in [0.1, 0.15) is 4.60 Å². The van der Waals surface area contributed by atoms with Crippen LogP contribution in [0.4, 0.5) is 0 Å². The van der Waals surface area contributed by atoms with Crippen molar-refractivity contribution in [2.45, 2.75) is 13.8 Å². The zero-order valence-corrected chi connectivity index (χ0v) is 10.2. The van der Waals surface area contributed by atoms with Crippen LogP contribution in [-0.4, -0.2) is 9.97 Å². The van der Waals surface area contributed by atoms with E-state index >= 15 is 0 Å². The van der Waals surface area contributed by atoms with E-state index in [1.807, 2.05) is 0 Å². The Morgan fingerprint density at radius 2 is 1.87 bits per heavy atom. The zero-order valence-electron chi connectivity index (χ0n) is 8.66. The average molecular weight is 263 g/mol. The highest BCUT2D eigenvalue weighted by Crippen LogP contribution is 2.22. The van der Waals surface area contributed by atoms with E-state index in [-0.39, 0.29) is 0 Å².